The first-order valence-corrected chi connectivity index (χ1v) is 10.5. The molecule has 0 aliphatic carbocycles. The number of nitrogens with zero attached hydrogens (tertiary/aromatic N) is 3. The highest BCUT2D eigenvalue weighted by atomic mass is 16.5. The Labute approximate surface area is 181 Å². The van der Waals surface area contributed by atoms with E-state index in [0.29, 0.717) is 18.8 Å². The fourth-order valence-corrected chi connectivity index (χ4v) is 4.83. The average molecular weight is 418 g/mol. The fourth-order valence-electron chi connectivity index (χ4n) is 4.83. The van der Waals surface area contributed by atoms with Gasteiger partial charge in [-0.2, -0.15) is 0 Å². The van der Waals surface area contributed by atoms with E-state index in [4.69, 9.17) is 25.9 Å². The highest BCUT2D eigenvalue weighted by molar-refractivity contribution is 5.84. The summed E-state index contributed by atoms with van der Waals surface area (Å²) in [5.41, 5.74) is 15.2. The molecule has 7 heteroatoms. The number of allylic oxidation sites excluding steroid dienone is 1. The number of ether oxygens (including phenoxy) is 2. The smallest absolute Gasteiger partial charge is 0.283 e. The largest absolute Gasteiger partial charge is 0.462 e. The lowest BCUT2D eigenvalue weighted by Crippen LogP contribution is -2.48. The molecule has 5 rings (SSSR count). The van der Waals surface area contributed by atoms with E-state index in [1.54, 1.807) is 12.4 Å². The summed E-state index contributed by atoms with van der Waals surface area (Å²) in [5, 5.41) is 0. The zero-order chi connectivity index (χ0) is 21.9. The van der Waals surface area contributed by atoms with Crippen molar-refractivity contribution in [2.45, 2.75) is 44.8 Å². The van der Waals surface area contributed by atoms with Crippen molar-refractivity contribution < 1.29 is 9.47 Å². The minimum atomic E-state index is -0.778. The number of pyridine rings is 1. The summed E-state index contributed by atoms with van der Waals surface area (Å²) >= 11 is 0. The molecule has 0 bridgehead atoms. The van der Waals surface area contributed by atoms with Gasteiger partial charge in [-0.15, -0.1) is 0 Å². The van der Waals surface area contributed by atoms with Crippen molar-refractivity contribution in [3.8, 4) is 16.9 Å². The van der Waals surface area contributed by atoms with E-state index in [0.717, 1.165) is 34.4 Å². The second-order valence-corrected chi connectivity index (χ2v) is 9.77. The van der Waals surface area contributed by atoms with Crippen molar-refractivity contribution in [1.82, 2.24) is 4.98 Å². The van der Waals surface area contributed by atoms with Crippen LogP contribution in [-0.2, 0) is 10.3 Å². The lowest BCUT2D eigenvalue weighted by Gasteiger charge is -2.42. The maximum absolute atomic E-state index is 6.76. The predicted molar refractivity (Wildman–Crippen MR) is 121 cm³/mol. The van der Waals surface area contributed by atoms with Gasteiger partial charge in [-0.05, 0) is 35.6 Å². The summed E-state index contributed by atoms with van der Waals surface area (Å²) in [6.45, 7) is 6.80. The number of fused-ring (bicyclic) bond motifs is 3. The summed E-state index contributed by atoms with van der Waals surface area (Å²) in [7, 11) is 0. The van der Waals surface area contributed by atoms with Gasteiger partial charge in [0.1, 0.15) is 23.8 Å². The van der Waals surface area contributed by atoms with Crippen LogP contribution in [0.5, 0.6) is 5.75 Å². The molecular formula is C24H27N5O2. The number of aliphatic imine (C=N–C) groups is 2. The number of dihydropyridines is 1. The number of hydrogen-bond donors (Lipinski definition) is 2. The second-order valence-electron chi connectivity index (χ2n) is 9.77. The molecule has 3 aliphatic rings. The van der Waals surface area contributed by atoms with E-state index < -0.39 is 11.2 Å². The van der Waals surface area contributed by atoms with Gasteiger partial charge in [0.25, 0.3) is 6.02 Å². The third-order valence-electron chi connectivity index (χ3n) is 5.92. The Morgan fingerprint density at radius 3 is 2.68 bits per heavy atom. The van der Waals surface area contributed by atoms with E-state index in [1.165, 1.54) is 0 Å². The molecule has 1 aromatic heterocycles. The molecule has 0 saturated heterocycles. The standard InChI is InChI=1S/C24H27N5O2/c1-22(2,3)13-23(26)10-18-20(12-28-23)31-19-7-6-15(16-5-4-8-27-11-16)9-17(19)24(18)14-30-21(25)29-24/h4-9,11-12H,10,13-14,26H2,1-3H3,(H2,25,29). The van der Waals surface area contributed by atoms with E-state index in [9.17, 15) is 0 Å². The molecule has 4 heterocycles. The van der Waals surface area contributed by atoms with Crippen molar-refractivity contribution in [3.63, 3.8) is 0 Å². The molecule has 0 fully saturated rings. The molecule has 0 amide bonds. The summed E-state index contributed by atoms with van der Waals surface area (Å²) in [4.78, 5) is 13.7. The van der Waals surface area contributed by atoms with Crippen LogP contribution in [0.3, 0.4) is 0 Å². The number of aromatic nitrogens is 1. The Morgan fingerprint density at radius 2 is 2.00 bits per heavy atom. The third kappa shape index (κ3) is 3.39. The van der Waals surface area contributed by atoms with Crippen molar-refractivity contribution in [2.75, 3.05) is 6.61 Å². The summed E-state index contributed by atoms with van der Waals surface area (Å²) < 4.78 is 12.0. The van der Waals surface area contributed by atoms with Gasteiger partial charge >= 0.3 is 0 Å². The van der Waals surface area contributed by atoms with Crippen LogP contribution in [0.1, 0.15) is 39.2 Å². The second kappa shape index (κ2) is 6.65. The van der Waals surface area contributed by atoms with Crippen LogP contribution in [0.15, 0.2) is 64.0 Å². The molecule has 1 spiro atoms. The van der Waals surface area contributed by atoms with Gasteiger partial charge in [0.15, 0.2) is 5.54 Å². The molecule has 0 radical (unpaired) electrons. The lowest BCUT2D eigenvalue weighted by molar-refractivity contribution is 0.219. The summed E-state index contributed by atoms with van der Waals surface area (Å²) in [5.74, 6) is 1.40. The highest BCUT2D eigenvalue weighted by Gasteiger charge is 2.51. The maximum atomic E-state index is 6.76. The van der Waals surface area contributed by atoms with Gasteiger partial charge < -0.3 is 20.9 Å². The molecule has 2 atom stereocenters. The molecular weight excluding hydrogens is 390 g/mol. The monoisotopic (exact) mass is 417 g/mol. The van der Waals surface area contributed by atoms with Gasteiger partial charge in [-0.1, -0.05) is 32.9 Å². The molecule has 2 aromatic rings. The van der Waals surface area contributed by atoms with E-state index in [2.05, 4.69) is 36.8 Å². The molecule has 160 valence electrons. The van der Waals surface area contributed by atoms with Gasteiger partial charge in [-0.25, -0.2) is 4.99 Å². The topological polar surface area (TPSA) is 108 Å². The molecule has 7 nitrogen and oxygen atoms in total. The van der Waals surface area contributed by atoms with Crippen molar-refractivity contribution in [1.29, 1.82) is 0 Å². The Hall–Kier alpha value is -3.19. The highest BCUT2D eigenvalue weighted by Crippen LogP contribution is 2.52. The van der Waals surface area contributed by atoms with Crippen LogP contribution in [0, 0.1) is 5.41 Å². The fraction of sp³-hybridized carbons (Fsp3) is 0.375. The van der Waals surface area contributed by atoms with Crippen molar-refractivity contribution in [3.05, 3.63) is 59.6 Å². The van der Waals surface area contributed by atoms with E-state index in [-0.39, 0.29) is 11.4 Å². The van der Waals surface area contributed by atoms with Gasteiger partial charge in [0.05, 0.1) is 6.21 Å². The number of amidine groups is 1. The predicted octanol–water partition coefficient (Wildman–Crippen LogP) is 3.50. The first kappa shape index (κ1) is 19.8. The summed E-state index contributed by atoms with van der Waals surface area (Å²) in [6.07, 6.45) is 6.59. The van der Waals surface area contributed by atoms with E-state index in [1.807, 2.05) is 30.5 Å². The van der Waals surface area contributed by atoms with Crippen LogP contribution in [0.25, 0.3) is 11.1 Å². The first-order chi connectivity index (χ1) is 14.7. The normalized spacial score (nSPS) is 26.8. The van der Waals surface area contributed by atoms with Crippen LogP contribution in [-0.4, -0.2) is 29.5 Å². The lowest BCUT2D eigenvalue weighted by atomic mass is 9.73. The third-order valence-corrected chi connectivity index (χ3v) is 5.92. The van der Waals surface area contributed by atoms with Crippen molar-refractivity contribution >= 4 is 12.2 Å². The molecule has 31 heavy (non-hydrogen) atoms. The Kier molecular flexibility index (Phi) is 4.24. The molecule has 4 N–H and O–H groups in total. The minimum absolute atomic E-state index is 0.0205. The first-order valence-electron chi connectivity index (χ1n) is 10.5. The summed E-state index contributed by atoms with van der Waals surface area (Å²) in [6, 6.07) is 10.2. The number of nitrogens with two attached hydrogens (primary N) is 2. The minimum Gasteiger partial charge on any atom is -0.462 e. The van der Waals surface area contributed by atoms with Crippen LogP contribution in [0.4, 0.5) is 0 Å². The number of hydrogen-bond acceptors (Lipinski definition) is 7. The van der Waals surface area contributed by atoms with Crippen LogP contribution >= 0.6 is 0 Å². The van der Waals surface area contributed by atoms with E-state index >= 15 is 0 Å². The zero-order valence-electron chi connectivity index (χ0n) is 18.1. The molecule has 1 aromatic carbocycles. The average Bonchev–Trinajstić information content (AvgIpc) is 3.10. The van der Waals surface area contributed by atoms with Crippen LogP contribution < -0.4 is 16.2 Å². The SMILES string of the molecule is CC(C)(C)CC1(N)CC2=C(C=N1)Oc1ccc(-c3cccnc3)cc1C21COC(N)=N1. The molecule has 2 unspecified atom stereocenters. The Morgan fingerprint density at radius 1 is 1.16 bits per heavy atom. The molecule has 0 saturated carbocycles. The maximum Gasteiger partial charge on any atom is 0.283 e. The number of benzene rings is 1. The quantitative estimate of drug-likeness (QED) is 0.777. The number of rotatable bonds is 2. The van der Waals surface area contributed by atoms with Crippen molar-refractivity contribution in [2.24, 2.45) is 26.9 Å². The van der Waals surface area contributed by atoms with Crippen LogP contribution in [0.2, 0.25) is 0 Å². The van der Waals surface area contributed by atoms with Gasteiger partial charge in [0.2, 0.25) is 0 Å². The zero-order valence-corrected chi connectivity index (χ0v) is 18.1. The Bertz CT molecular complexity index is 1130. The molecule has 3 aliphatic heterocycles. The van der Waals surface area contributed by atoms with Gasteiger partial charge in [0, 0.05) is 35.5 Å². The Balaban J connectivity index is 1.63. The van der Waals surface area contributed by atoms with Gasteiger partial charge in [-0.3, -0.25) is 9.98 Å².